The van der Waals surface area contributed by atoms with Crippen LogP contribution in [-0.2, 0) is 11.2 Å². The van der Waals surface area contributed by atoms with Gasteiger partial charge in [0.05, 0.1) is 19.2 Å². The fraction of sp³-hybridized carbons (Fsp3) is 0.360. The molecule has 170 valence electrons. The van der Waals surface area contributed by atoms with Gasteiger partial charge < -0.3 is 19.5 Å². The van der Waals surface area contributed by atoms with Crippen molar-refractivity contribution in [3.05, 3.63) is 58.9 Å². The molecule has 0 saturated carbocycles. The van der Waals surface area contributed by atoms with E-state index in [4.69, 9.17) is 15.8 Å². The van der Waals surface area contributed by atoms with Gasteiger partial charge in [-0.15, -0.1) is 0 Å². The van der Waals surface area contributed by atoms with Crippen LogP contribution in [0.15, 0.2) is 40.9 Å². The molecule has 0 unspecified atom stereocenters. The van der Waals surface area contributed by atoms with Crippen molar-refractivity contribution in [3.8, 4) is 28.6 Å². The van der Waals surface area contributed by atoms with E-state index in [9.17, 15) is 4.79 Å². The van der Waals surface area contributed by atoms with E-state index in [1.165, 1.54) is 5.56 Å². The summed E-state index contributed by atoms with van der Waals surface area (Å²) in [6, 6.07) is 11.5. The lowest BCUT2D eigenvalue weighted by atomic mass is 10.0. The fourth-order valence-electron chi connectivity index (χ4n) is 3.99. The van der Waals surface area contributed by atoms with Crippen molar-refractivity contribution >= 4 is 11.6 Å². The van der Waals surface area contributed by atoms with E-state index < -0.39 is 0 Å². The Morgan fingerprint density at radius 2 is 2.15 bits per heavy atom. The first-order valence-corrected chi connectivity index (χ1v) is 10.9. The second-order valence-electron chi connectivity index (χ2n) is 8.52. The highest BCUT2D eigenvalue weighted by atomic mass is 16.5. The van der Waals surface area contributed by atoms with E-state index in [1.807, 2.05) is 32.0 Å². The first kappa shape index (κ1) is 22.5. The maximum Gasteiger partial charge on any atom is 0.256 e. The number of hydrogen-bond acceptors (Lipinski definition) is 6. The molecule has 2 aromatic carbocycles. The molecule has 8 nitrogen and oxygen atoms in total. The maximum absolute atomic E-state index is 12.0. The summed E-state index contributed by atoms with van der Waals surface area (Å²) >= 11 is 0. The van der Waals surface area contributed by atoms with Gasteiger partial charge in [-0.25, -0.2) is 4.85 Å². The Labute approximate surface area is 193 Å². The molecule has 1 aliphatic carbocycles. The second-order valence-corrected chi connectivity index (χ2v) is 8.52. The Hall–Kier alpha value is -3.70. The summed E-state index contributed by atoms with van der Waals surface area (Å²) in [4.78, 5) is 21.7. The number of nitrogens with zero attached hydrogens (tertiary/aromatic N) is 4. The third-order valence-electron chi connectivity index (χ3n) is 5.63. The predicted molar refractivity (Wildman–Crippen MR) is 125 cm³/mol. The van der Waals surface area contributed by atoms with Gasteiger partial charge in [0.1, 0.15) is 5.75 Å². The van der Waals surface area contributed by atoms with Crippen LogP contribution in [0, 0.1) is 6.57 Å². The number of rotatable bonds is 7. The van der Waals surface area contributed by atoms with Crippen molar-refractivity contribution in [3.63, 3.8) is 0 Å². The Kier molecular flexibility index (Phi) is 6.43. The van der Waals surface area contributed by atoms with E-state index in [-0.39, 0.29) is 18.1 Å². The molecular weight excluding hydrogens is 418 g/mol. The lowest BCUT2D eigenvalue weighted by Crippen LogP contribution is -2.34. The smallest absolute Gasteiger partial charge is 0.256 e. The maximum atomic E-state index is 12.0. The number of likely N-dealkylation sites (N-methyl/N-ethyl adjacent to an activating group) is 1. The molecule has 0 radical (unpaired) electrons. The van der Waals surface area contributed by atoms with Crippen molar-refractivity contribution in [2.75, 3.05) is 20.6 Å². The minimum absolute atomic E-state index is 0.0224. The highest BCUT2D eigenvalue weighted by Crippen LogP contribution is 2.38. The van der Waals surface area contributed by atoms with Crippen molar-refractivity contribution in [2.45, 2.75) is 38.8 Å². The third kappa shape index (κ3) is 4.73. The average Bonchev–Trinajstić information content (AvgIpc) is 3.44. The van der Waals surface area contributed by atoms with Crippen molar-refractivity contribution in [2.24, 2.45) is 0 Å². The van der Waals surface area contributed by atoms with E-state index >= 15 is 0 Å². The highest BCUT2D eigenvalue weighted by Gasteiger charge is 2.27. The minimum atomic E-state index is -0.0224. The zero-order chi connectivity index (χ0) is 23.5. The molecule has 1 aliphatic rings. The van der Waals surface area contributed by atoms with Crippen LogP contribution < -0.4 is 10.1 Å². The summed E-state index contributed by atoms with van der Waals surface area (Å²) in [6.45, 7) is 11.6. The summed E-state index contributed by atoms with van der Waals surface area (Å²) in [7, 11) is 3.51. The number of aromatic nitrogens is 2. The number of hydrogen-bond donors (Lipinski definition) is 1. The molecule has 1 heterocycles. The molecule has 0 aliphatic heterocycles. The molecule has 0 spiro atoms. The predicted octanol–water partition coefficient (Wildman–Crippen LogP) is 4.41. The molecule has 0 saturated heterocycles. The molecule has 8 heteroatoms. The van der Waals surface area contributed by atoms with Gasteiger partial charge >= 0.3 is 0 Å². The van der Waals surface area contributed by atoms with E-state index in [0.29, 0.717) is 35.3 Å². The van der Waals surface area contributed by atoms with E-state index in [0.717, 1.165) is 24.0 Å². The Morgan fingerprint density at radius 1 is 1.33 bits per heavy atom. The van der Waals surface area contributed by atoms with Gasteiger partial charge in [-0.3, -0.25) is 4.79 Å². The standard InChI is InChI=1S/C25H27N5O3/c1-15(2)32-22-12-9-16(13-21(22)26-3)25-28-24(29-33-25)19-8-6-7-18-17(19)10-11-20(18)27-14-23(31)30(4)5/h6-9,12-13,15,20,27H,10-11,14H2,1-2,4-5H3/t20-/m0/s1. The second kappa shape index (κ2) is 9.43. The largest absolute Gasteiger partial charge is 0.502 e. The number of carbonyl (C=O) groups excluding carboxylic acids is 1. The van der Waals surface area contributed by atoms with Gasteiger partial charge in [-0.05, 0) is 56.0 Å². The quantitative estimate of drug-likeness (QED) is 0.543. The van der Waals surface area contributed by atoms with Crippen LogP contribution in [0.4, 0.5) is 5.69 Å². The van der Waals surface area contributed by atoms with Crippen LogP contribution in [0.2, 0.25) is 0 Å². The van der Waals surface area contributed by atoms with Gasteiger partial charge in [0, 0.05) is 31.3 Å². The normalized spacial score (nSPS) is 14.7. The van der Waals surface area contributed by atoms with Crippen LogP contribution >= 0.6 is 0 Å². The summed E-state index contributed by atoms with van der Waals surface area (Å²) < 4.78 is 11.2. The zero-order valence-corrected chi connectivity index (χ0v) is 19.3. The van der Waals surface area contributed by atoms with Crippen molar-refractivity contribution < 1.29 is 14.1 Å². The van der Waals surface area contributed by atoms with Crippen LogP contribution in [0.1, 0.15) is 37.4 Å². The average molecular weight is 446 g/mol. The molecular formula is C25H27N5O3. The minimum Gasteiger partial charge on any atom is -0.502 e. The van der Waals surface area contributed by atoms with Crippen molar-refractivity contribution in [1.82, 2.24) is 20.4 Å². The van der Waals surface area contributed by atoms with Gasteiger partial charge in [0.2, 0.25) is 17.4 Å². The summed E-state index contributed by atoms with van der Waals surface area (Å²) in [6.07, 6.45) is 1.75. The Balaban J connectivity index is 1.58. The monoisotopic (exact) mass is 445 g/mol. The molecule has 33 heavy (non-hydrogen) atoms. The molecule has 1 aromatic heterocycles. The number of carbonyl (C=O) groups is 1. The molecule has 3 aromatic rings. The number of benzene rings is 2. The molecule has 1 atom stereocenters. The lowest BCUT2D eigenvalue weighted by Gasteiger charge is -2.16. The number of fused-ring (bicyclic) bond motifs is 1. The van der Waals surface area contributed by atoms with Gasteiger partial charge in [-0.2, -0.15) is 4.98 Å². The van der Waals surface area contributed by atoms with Crippen LogP contribution in [0.3, 0.4) is 0 Å². The Morgan fingerprint density at radius 3 is 2.88 bits per heavy atom. The number of nitrogens with one attached hydrogen (secondary N) is 1. The lowest BCUT2D eigenvalue weighted by molar-refractivity contribution is -0.127. The van der Waals surface area contributed by atoms with Crippen LogP contribution in [-0.4, -0.2) is 47.7 Å². The van der Waals surface area contributed by atoms with E-state index in [2.05, 4.69) is 26.4 Å². The fourth-order valence-corrected chi connectivity index (χ4v) is 3.99. The molecule has 1 amide bonds. The van der Waals surface area contributed by atoms with Gasteiger partial charge in [0.15, 0.2) is 0 Å². The number of amides is 1. The first-order chi connectivity index (χ1) is 15.9. The molecule has 0 fully saturated rings. The number of ether oxygens (including phenoxy) is 1. The molecule has 0 bridgehead atoms. The van der Waals surface area contributed by atoms with Crippen LogP contribution in [0.25, 0.3) is 27.7 Å². The van der Waals surface area contributed by atoms with Crippen molar-refractivity contribution in [1.29, 1.82) is 0 Å². The van der Waals surface area contributed by atoms with Crippen LogP contribution in [0.5, 0.6) is 5.75 Å². The van der Waals surface area contributed by atoms with Gasteiger partial charge in [0.25, 0.3) is 5.89 Å². The molecule has 1 N–H and O–H groups in total. The molecule has 4 rings (SSSR count). The summed E-state index contributed by atoms with van der Waals surface area (Å²) in [5.74, 6) is 1.45. The SMILES string of the molecule is [C-]#[N+]c1cc(-c2nc(-c3cccc4c3CC[C@@H]4NCC(=O)N(C)C)no2)ccc1OC(C)C. The van der Waals surface area contributed by atoms with E-state index in [1.54, 1.807) is 31.1 Å². The highest BCUT2D eigenvalue weighted by molar-refractivity contribution is 5.77. The Bertz CT molecular complexity index is 1210. The first-order valence-electron chi connectivity index (χ1n) is 10.9. The topological polar surface area (TPSA) is 84.9 Å². The zero-order valence-electron chi connectivity index (χ0n) is 19.3. The third-order valence-corrected chi connectivity index (χ3v) is 5.63. The summed E-state index contributed by atoms with van der Waals surface area (Å²) in [5, 5.41) is 7.58. The van der Waals surface area contributed by atoms with Gasteiger partial charge in [-0.1, -0.05) is 23.4 Å². The summed E-state index contributed by atoms with van der Waals surface area (Å²) in [5.41, 5.74) is 4.34.